The first-order valence-electron chi connectivity index (χ1n) is 10.2. The number of ketones is 1. The van der Waals surface area contributed by atoms with Crippen molar-refractivity contribution in [2.75, 3.05) is 5.75 Å². The molecule has 4 nitrogen and oxygen atoms in total. The van der Waals surface area contributed by atoms with Crippen molar-refractivity contribution in [3.05, 3.63) is 83.6 Å². The molecule has 1 unspecified atom stereocenters. The number of para-hydroxylation sites is 1. The van der Waals surface area contributed by atoms with Crippen LogP contribution >= 0.6 is 11.8 Å². The van der Waals surface area contributed by atoms with Crippen LogP contribution in [0.2, 0.25) is 0 Å². The van der Waals surface area contributed by atoms with E-state index in [1.807, 2.05) is 47.4 Å². The van der Waals surface area contributed by atoms with E-state index in [-0.39, 0.29) is 17.7 Å². The van der Waals surface area contributed by atoms with E-state index in [1.165, 1.54) is 6.08 Å². The standard InChI is InChI=1S/C25H24N2O2S/c1-3-20(28)13-17(2)25(29)27-15-19-14-18-9-7-8-12-22(18)26-24(19)23(27)16-30-21-10-5-4-6-11-21/h4-14,23H,3,15-16H2,1-2H3/b17-13+. The highest BCUT2D eigenvalue weighted by Gasteiger charge is 2.35. The number of benzene rings is 2. The summed E-state index contributed by atoms with van der Waals surface area (Å²) in [6.45, 7) is 4.04. The van der Waals surface area contributed by atoms with Crippen LogP contribution in [0.3, 0.4) is 0 Å². The molecule has 0 saturated carbocycles. The fraction of sp³-hybridized carbons (Fsp3) is 0.240. The Bertz CT molecular complexity index is 1120. The van der Waals surface area contributed by atoms with Crippen LogP contribution < -0.4 is 0 Å². The molecule has 0 N–H and O–H groups in total. The lowest BCUT2D eigenvalue weighted by Crippen LogP contribution is -2.32. The topological polar surface area (TPSA) is 50.3 Å². The van der Waals surface area contributed by atoms with E-state index in [0.29, 0.717) is 24.3 Å². The van der Waals surface area contributed by atoms with E-state index < -0.39 is 0 Å². The van der Waals surface area contributed by atoms with Gasteiger partial charge in [-0.05, 0) is 42.8 Å². The molecular weight excluding hydrogens is 392 g/mol. The maximum absolute atomic E-state index is 13.2. The van der Waals surface area contributed by atoms with E-state index in [1.54, 1.807) is 25.6 Å². The van der Waals surface area contributed by atoms with Crippen LogP contribution in [-0.2, 0) is 16.1 Å². The zero-order chi connectivity index (χ0) is 21.1. The van der Waals surface area contributed by atoms with Gasteiger partial charge >= 0.3 is 0 Å². The van der Waals surface area contributed by atoms with Crippen molar-refractivity contribution < 1.29 is 9.59 Å². The molecule has 5 heteroatoms. The van der Waals surface area contributed by atoms with E-state index in [9.17, 15) is 9.59 Å². The number of carbonyl (C=O) groups excluding carboxylic acids is 2. The molecule has 1 aliphatic rings. The second-order valence-corrected chi connectivity index (χ2v) is 8.54. The summed E-state index contributed by atoms with van der Waals surface area (Å²) in [6.07, 6.45) is 1.86. The van der Waals surface area contributed by atoms with Gasteiger partial charge in [0.2, 0.25) is 0 Å². The molecule has 4 rings (SSSR count). The van der Waals surface area contributed by atoms with Crippen molar-refractivity contribution in [3.63, 3.8) is 0 Å². The molecule has 0 bridgehead atoms. The summed E-state index contributed by atoms with van der Waals surface area (Å²) in [5.41, 5.74) is 3.46. The van der Waals surface area contributed by atoms with Crippen LogP contribution in [0.25, 0.3) is 10.9 Å². The van der Waals surface area contributed by atoms with Gasteiger partial charge < -0.3 is 4.90 Å². The largest absolute Gasteiger partial charge is 0.325 e. The molecule has 0 radical (unpaired) electrons. The lowest BCUT2D eigenvalue weighted by molar-refractivity contribution is -0.129. The smallest absolute Gasteiger partial charge is 0.250 e. The van der Waals surface area contributed by atoms with Gasteiger partial charge in [-0.2, -0.15) is 0 Å². The molecule has 2 aromatic carbocycles. The summed E-state index contributed by atoms with van der Waals surface area (Å²) in [4.78, 5) is 33.0. The fourth-order valence-electron chi connectivity index (χ4n) is 3.74. The number of hydrogen-bond donors (Lipinski definition) is 0. The summed E-state index contributed by atoms with van der Waals surface area (Å²) in [6, 6.07) is 20.2. The average Bonchev–Trinajstić information content (AvgIpc) is 3.13. The van der Waals surface area contributed by atoms with Gasteiger partial charge in [0.15, 0.2) is 5.78 Å². The Kier molecular flexibility index (Phi) is 6.00. The third-order valence-electron chi connectivity index (χ3n) is 5.34. The minimum atomic E-state index is -0.137. The van der Waals surface area contributed by atoms with E-state index in [4.69, 9.17) is 4.98 Å². The van der Waals surface area contributed by atoms with Crippen molar-refractivity contribution in [2.24, 2.45) is 0 Å². The predicted molar refractivity (Wildman–Crippen MR) is 121 cm³/mol. The monoisotopic (exact) mass is 416 g/mol. The van der Waals surface area contributed by atoms with Gasteiger partial charge in [0.05, 0.1) is 17.3 Å². The fourth-order valence-corrected chi connectivity index (χ4v) is 4.77. The maximum atomic E-state index is 13.2. The zero-order valence-electron chi connectivity index (χ0n) is 17.2. The van der Waals surface area contributed by atoms with Gasteiger partial charge in [-0.15, -0.1) is 11.8 Å². The SMILES string of the molecule is CCC(=O)/C=C(\C)C(=O)N1Cc2cc3ccccc3nc2C1CSc1ccccc1. The average molecular weight is 417 g/mol. The van der Waals surface area contributed by atoms with Crippen molar-refractivity contribution in [1.82, 2.24) is 9.88 Å². The van der Waals surface area contributed by atoms with Gasteiger partial charge in [-0.1, -0.05) is 43.3 Å². The predicted octanol–water partition coefficient (Wildman–Crippen LogP) is 5.34. The summed E-state index contributed by atoms with van der Waals surface area (Å²) in [5, 5.41) is 1.08. The maximum Gasteiger partial charge on any atom is 0.250 e. The first kappa shape index (κ1) is 20.4. The Morgan fingerprint density at radius 3 is 2.63 bits per heavy atom. The Labute approximate surface area is 181 Å². The molecule has 1 amide bonds. The molecule has 0 spiro atoms. The second kappa shape index (κ2) is 8.84. The number of pyridine rings is 1. The molecule has 1 aliphatic heterocycles. The Morgan fingerprint density at radius 2 is 1.87 bits per heavy atom. The molecule has 152 valence electrons. The Hall–Kier alpha value is -2.92. The van der Waals surface area contributed by atoms with Crippen LogP contribution in [0.5, 0.6) is 0 Å². The number of thioether (sulfide) groups is 1. The van der Waals surface area contributed by atoms with Gasteiger partial charge in [-0.25, -0.2) is 0 Å². The van der Waals surface area contributed by atoms with E-state index in [2.05, 4.69) is 18.2 Å². The molecule has 1 atom stereocenters. The molecule has 0 fully saturated rings. The molecule has 0 aliphatic carbocycles. The first-order valence-corrected chi connectivity index (χ1v) is 11.1. The van der Waals surface area contributed by atoms with Crippen LogP contribution in [0.15, 0.2) is 77.2 Å². The van der Waals surface area contributed by atoms with Crippen LogP contribution in [-0.4, -0.2) is 27.3 Å². The van der Waals surface area contributed by atoms with Crippen molar-refractivity contribution in [1.29, 1.82) is 0 Å². The molecule has 1 aromatic heterocycles. The van der Waals surface area contributed by atoms with Crippen molar-refractivity contribution in [3.8, 4) is 0 Å². The number of fused-ring (bicyclic) bond motifs is 2. The number of nitrogens with zero attached hydrogens (tertiary/aromatic N) is 2. The first-order chi connectivity index (χ1) is 14.6. The zero-order valence-corrected chi connectivity index (χ0v) is 18.0. The third-order valence-corrected chi connectivity index (χ3v) is 6.43. The van der Waals surface area contributed by atoms with Gasteiger partial charge in [-0.3, -0.25) is 14.6 Å². The van der Waals surface area contributed by atoms with Gasteiger partial charge in [0.1, 0.15) is 0 Å². The highest BCUT2D eigenvalue weighted by molar-refractivity contribution is 7.99. The summed E-state index contributed by atoms with van der Waals surface area (Å²) in [7, 11) is 0. The Balaban J connectivity index is 1.68. The van der Waals surface area contributed by atoms with Gasteiger partial charge in [0.25, 0.3) is 5.91 Å². The number of allylic oxidation sites excluding steroid dienone is 1. The van der Waals surface area contributed by atoms with Crippen LogP contribution in [0, 0.1) is 0 Å². The number of amides is 1. The van der Waals surface area contributed by atoms with Crippen LogP contribution in [0.1, 0.15) is 37.6 Å². The van der Waals surface area contributed by atoms with E-state index >= 15 is 0 Å². The molecule has 3 aromatic rings. The number of hydrogen-bond acceptors (Lipinski definition) is 4. The summed E-state index contributed by atoms with van der Waals surface area (Å²) in [5.74, 6) is 0.581. The normalized spacial score (nSPS) is 16.0. The van der Waals surface area contributed by atoms with Crippen molar-refractivity contribution in [2.45, 2.75) is 37.8 Å². The highest BCUT2D eigenvalue weighted by atomic mass is 32.2. The molecular formula is C25H24N2O2S. The number of carbonyl (C=O) groups is 2. The lowest BCUT2D eigenvalue weighted by Gasteiger charge is -2.25. The molecule has 2 heterocycles. The summed E-state index contributed by atoms with van der Waals surface area (Å²) < 4.78 is 0. The second-order valence-electron chi connectivity index (χ2n) is 7.45. The molecule has 0 saturated heterocycles. The van der Waals surface area contributed by atoms with E-state index in [0.717, 1.165) is 27.1 Å². The minimum absolute atomic E-state index is 0.0309. The van der Waals surface area contributed by atoms with Crippen molar-refractivity contribution >= 4 is 34.4 Å². The Morgan fingerprint density at radius 1 is 1.13 bits per heavy atom. The number of aromatic nitrogens is 1. The minimum Gasteiger partial charge on any atom is -0.325 e. The lowest BCUT2D eigenvalue weighted by atomic mass is 10.1. The van der Waals surface area contributed by atoms with Crippen LogP contribution in [0.4, 0.5) is 0 Å². The van der Waals surface area contributed by atoms with Gasteiger partial charge in [0, 0.05) is 34.6 Å². The summed E-state index contributed by atoms with van der Waals surface area (Å²) >= 11 is 1.72. The molecule has 30 heavy (non-hydrogen) atoms. The third kappa shape index (κ3) is 4.17. The quantitative estimate of drug-likeness (QED) is 0.402. The number of rotatable bonds is 6. The highest BCUT2D eigenvalue weighted by Crippen LogP contribution is 2.38.